The molecule has 0 heterocycles. The van der Waals surface area contributed by atoms with Crippen LogP contribution < -0.4 is 0 Å². The van der Waals surface area contributed by atoms with E-state index in [9.17, 15) is 0 Å². The standard InChI is InChI=1S/C15H23BrClN3/c1-12(16)11-19-20(3)15(17)10-14(18-2)9-13-7-5-4-6-8-13/h10-11,13H,1,4-9H2,2-3H3/b15-10-,18-14?,19-11-. The molecule has 5 heteroatoms. The fourth-order valence-corrected chi connectivity index (χ4v) is 2.60. The Bertz CT molecular complexity index is 409. The lowest BCUT2D eigenvalue weighted by Gasteiger charge is -2.21. The Morgan fingerprint density at radius 2 is 2.05 bits per heavy atom. The third-order valence-corrected chi connectivity index (χ3v) is 4.03. The molecule has 1 rings (SSSR count). The van der Waals surface area contributed by atoms with E-state index in [1.165, 1.54) is 32.1 Å². The van der Waals surface area contributed by atoms with Crippen molar-refractivity contribution >= 4 is 39.5 Å². The zero-order valence-electron chi connectivity index (χ0n) is 12.3. The summed E-state index contributed by atoms with van der Waals surface area (Å²) in [6.45, 7) is 3.70. The van der Waals surface area contributed by atoms with Crippen molar-refractivity contribution in [3.63, 3.8) is 0 Å². The molecule has 20 heavy (non-hydrogen) atoms. The van der Waals surface area contributed by atoms with Gasteiger partial charge in [0.15, 0.2) is 0 Å². The molecule has 0 radical (unpaired) electrons. The van der Waals surface area contributed by atoms with Crippen molar-refractivity contribution in [3.8, 4) is 0 Å². The Morgan fingerprint density at radius 1 is 1.40 bits per heavy atom. The molecule has 112 valence electrons. The fourth-order valence-electron chi connectivity index (χ4n) is 2.34. The molecular formula is C15H23BrClN3. The average molecular weight is 361 g/mol. The van der Waals surface area contributed by atoms with Crippen LogP contribution in [-0.2, 0) is 0 Å². The molecular weight excluding hydrogens is 338 g/mol. The van der Waals surface area contributed by atoms with E-state index in [0.717, 1.165) is 18.1 Å². The van der Waals surface area contributed by atoms with Gasteiger partial charge in [0.05, 0.1) is 6.21 Å². The van der Waals surface area contributed by atoms with Gasteiger partial charge in [-0.3, -0.25) is 10.0 Å². The third-order valence-electron chi connectivity index (χ3n) is 3.48. The molecule has 0 aromatic rings. The van der Waals surface area contributed by atoms with Crippen molar-refractivity contribution in [2.75, 3.05) is 14.1 Å². The van der Waals surface area contributed by atoms with E-state index < -0.39 is 0 Å². The van der Waals surface area contributed by atoms with Gasteiger partial charge in [0.2, 0.25) is 0 Å². The van der Waals surface area contributed by atoms with Crippen molar-refractivity contribution in [2.45, 2.75) is 38.5 Å². The molecule has 0 spiro atoms. The summed E-state index contributed by atoms with van der Waals surface area (Å²) in [5, 5.41) is 6.34. The van der Waals surface area contributed by atoms with E-state index in [1.807, 2.05) is 13.1 Å². The molecule has 0 amide bonds. The average Bonchev–Trinajstić information content (AvgIpc) is 2.44. The lowest BCUT2D eigenvalue weighted by atomic mass is 9.85. The Morgan fingerprint density at radius 3 is 2.60 bits per heavy atom. The van der Waals surface area contributed by atoms with Crippen LogP contribution >= 0.6 is 27.5 Å². The topological polar surface area (TPSA) is 28.0 Å². The van der Waals surface area contributed by atoms with Crippen LogP contribution in [-0.4, -0.2) is 31.0 Å². The summed E-state index contributed by atoms with van der Waals surface area (Å²) in [6.07, 6.45) is 11.2. The van der Waals surface area contributed by atoms with Crippen LogP contribution in [0, 0.1) is 5.92 Å². The van der Waals surface area contributed by atoms with Gasteiger partial charge >= 0.3 is 0 Å². The molecule has 0 aromatic carbocycles. The van der Waals surface area contributed by atoms with Gasteiger partial charge in [0.1, 0.15) is 5.16 Å². The minimum Gasteiger partial charge on any atom is -0.293 e. The zero-order chi connectivity index (χ0) is 15.0. The Hall–Kier alpha value is -0.610. The second-order valence-electron chi connectivity index (χ2n) is 5.11. The van der Waals surface area contributed by atoms with Gasteiger partial charge in [-0.1, -0.05) is 50.3 Å². The summed E-state index contributed by atoms with van der Waals surface area (Å²) in [4.78, 5) is 4.35. The maximum atomic E-state index is 6.25. The van der Waals surface area contributed by atoms with Crippen LogP contribution in [0.25, 0.3) is 0 Å². The summed E-state index contributed by atoms with van der Waals surface area (Å²) < 4.78 is 0.709. The van der Waals surface area contributed by atoms with Gasteiger partial charge in [-0.2, -0.15) is 5.10 Å². The largest absolute Gasteiger partial charge is 0.293 e. The summed E-state index contributed by atoms with van der Waals surface area (Å²) in [7, 11) is 3.63. The quantitative estimate of drug-likeness (QED) is 0.375. The minimum absolute atomic E-state index is 0.561. The Balaban J connectivity index is 2.60. The molecule has 0 bridgehead atoms. The number of aliphatic imine (C=N–C) groups is 1. The van der Waals surface area contributed by atoms with Gasteiger partial charge in [-0.15, -0.1) is 0 Å². The van der Waals surface area contributed by atoms with Gasteiger partial charge < -0.3 is 0 Å². The van der Waals surface area contributed by atoms with Crippen molar-refractivity contribution in [3.05, 3.63) is 22.3 Å². The molecule has 3 nitrogen and oxygen atoms in total. The smallest absolute Gasteiger partial charge is 0.126 e. The van der Waals surface area contributed by atoms with Crippen LogP contribution in [0.1, 0.15) is 38.5 Å². The molecule has 1 saturated carbocycles. The fraction of sp³-hybridized carbons (Fsp3) is 0.600. The predicted molar refractivity (Wildman–Crippen MR) is 92.8 cm³/mol. The lowest BCUT2D eigenvalue weighted by molar-refractivity contribution is 0.368. The first-order chi connectivity index (χ1) is 9.52. The van der Waals surface area contributed by atoms with Gasteiger partial charge in [-0.05, 0) is 34.3 Å². The van der Waals surface area contributed by atoms with Crippen molar-refractivity contribution in [1.82, 2.24) is 5.01 Å². The number of allylic oxidation sites excluding steroid dienone is 2. The van der Waals surface area contributed by atoms with E-state index in [1.54, 1.807) is 18.3 Å². The Labute approximate surface area is 135 Å². The Kier molecular flexibility index (Phi) is 8.15. The molecule has 1 aliphatic rings. The molecule has 1 aliphatic carbocycles. The van der Waals surface area contributed by atoms with E-state index >= 15 is 0 Å². The highest BCUT2D eigenvalue weighted by atomic mass is 79.9. The van der Waals surface area contributed by atoms with Crippen molar-refractivity contribution < 1.29 is 0 Å². The molecule has 0 N–H and O–H groups in total. The van der Waals surface area contributed by atoms with Gasteiger partial charge in [0, 0.05) is 24.3 Å². The SMILES string of the molecule is C=C(Br)/C=N\N(C)/C(Cl)=C\C(CC1CCCCC1)=NC. The van der Waals surface area contributed by atoms with E-state index in [2.05, 4.69) is 32.6 Å². The predicted octanol–water partition coefficient (Wildman–Crippen LogP) is 4.93. The zero-order valence-corrected chi connectivity index (χ0v) is 14.6. The maximum absolute atomic E-state index is 6.25. The second kappa shape index (κ2) is 9.35. The summed E-state index contributed by atoms with van der Waals surface area (Å²) in [6, 6.07) is 0. The molecule has 0 aromatic heterocycles. The molecule has 0 saturated heterocycles. The molecule has 0 unspecified atom stereocenters. The van der Waals surface area contributed by atoms with E-state index in [4.69, 9.17) is 11.6 Å². The number of rotatable bonds is 6. The van der Waals surface area contributed by atoms with Gasteiger partial charge in [-0.25, -0.2) is 0 Å². The van der Waals surface area contributed by atoms with Crippen LogP contribution in [0.15, 0.2) is 32.4 Å². The molecule has 0 aliphatic heterocycles. The minimum atomic E-state index is 0.561. The first kappa shape index (κ1) is 17.4. The highest BCUT2D eigenvalue weighted by Crippen LogP contribution is 2.27. The molecule has 1 fully saturated rings. The van der Waals surface area contributed by atoms with Crippen LogP contribution in [0.4, 0.5) is 0 Å². The number of hydrazone groups is 1. The normalized spacial score (nSPS) is 18.6. The first-order valence-electron chi connectivity index (χ1n) is 6.98. The van der Waals surface area contributed by atoms with Gasteiger partial charge in [0.25, 0.3) is 0 Å². The number of hydrogen-bond acceptors (Lipinski definition) is 3. The number of halogens is 2. The van der Waals surface area contributed by atoms with E-state index in [0.29, 0.717) is 9.64 Å². The van der Waals surface area contributed by atoms with Crippen molar-refractivity contribution in [1.29, 1.82) is 0 Å². The molecule has 0 atom stereocenters. The summed E-state index contributed by atoms with van der Waals surface area (Å²) in [5.41, 5.74) is 1.04. The summed E-state index contributed by atoms with van der Waals surface area (Å²) >= 11 is 9.48. The maximum Gasteiger partial charge on any atom is 0.126 e. The highest BCUT2D eigenvalue weighted by molar-refractivity contribution is 9.12. The second-order valence-corrected chi connectivity index (χ2v) is 6.51. The van der Waals surface area contributed by atoms with Crippen LogP contribution in [0.2, 0.25) is 0 Å². The van der Waals surface area contributed by atoms with E-state index in [-0.39, 0.29) is 0 Å². The highest BCUT2D eigenvalue weighted by Gasteiger charge is 2.15. The number of hydrogen-bond donors (Lipinski definition) is 0. The van der Waals surface area contributed by atoms with Crippen LogP contribution in [0.5, 0.6) is 0 Å². The first-order valence-corrected chi connectivity index (χ1v) is 8.15. The third kappa shape index (κ3) is 6.71. The van der Waals surface area contributed by atoms with Crippen LogP contribution in [0.3, 0.4) is 0 Å². The number of nitrogens with zero attached hydrogens (tertiary/aromatic N) is 3. The summed E-state index contributed by atoms with van der Waals surface area (Å²) in [5.74, 6) is 0.749. The van der Waals surface area contributed by atoms with Crippen molar-refractivity contribution in [2.24, 2.45) is 16.0 Å². The lowest BCUT2D eigenvalue weighted by Crippen LogP contribution is -2.13. The monoisotopic (exact) mass is 359 g/mol.